The summed E-state index contributed by atoms with van der Waals surface area (Å²) in [6, 6.07) is 1.35. The Morgan fingerprint density at radius 1 is 0.857 bits per heavy atom. The first-order valence-electron chi connectivity index (χ1n) is 9.62. The van der Waals surface area contributed by atoms with Crippen molar-refractivity contribution in [3.05, 3.63) is 0 Å². The fourth-order valence-electron chi connectivity index (χ4n) is 3.61. The Bertz CT molecular complexity index is 249. The molecule has 1 aliphatic heterocycles. The Balaban J connectivity index is 1.94. The van der Waals surface area contributed by atoms with Crippen molar-refractivity contribution in [2.45, 2.75) is 97.1 Å². The molecule has 21 heavy (non-hydrogen) atoms. The van der Waals surface area contributed by atoms with E-state index in [9.17, 15) is 0 Å². The third-order valence-electron chi connectivity index (χ3n) is 4.97. The second kappa shape index (κ2) is 11.7. The summed E-state index contributed by atoms with van der Waals surface area (Å²) in [5.41, 5.74) is 0. The van der Waals surface area contributed by atoms with Gasteiger partial charge in [0.05, 0.1) is 0 Å². The predicted molar refractivity (Wildman–Crippen MR) is 96.1 cm³/mol. The molecule has 0 aromatic carbocycles. The van der Waals surface area contributed by atoms with Crippen molar-refractivity contribution in [2.75, 3.05) is 19.7 Å². The van der Waals surface area contributed by atoms with Gasteiger partial charge in [-0.15, -0.1) is 0 Å². The van der Waals surface area contributed by atoms with Gasteiger partial charge in [-0.3, -0.25) is 0 Å². The van der Waals surface area contributed by atoms with Crippen LogP contribution in [0.2, 0.25) is 12.6 Å². The highest BCUT2D eigenvalue weighted by atomic mass is 28.4. The minimum absolute atomic E-state index is 0.900. The molecule has 0 aromatic heterocycles. The molecule has 1 atom stereocenters. The SMILES string of the molecule is CCCCCCCCCCCCN1CCC[Si]1(C)OCC. The standard InChI is InChI=1S/C18H39NOSi/c1-4-6-7-8-9-10-11-12-13-14-16-19-17-15-18-21(19,3)20-5-2/h4-18H2,1-3H3. The number of unbranched alkanes of at least 4 members (excludes halogenated alkanes) is 9. The van der Waals surface area contributed by atoms with Crippen LogP contribution in [0.1, 0.15) is 84.5 Å². The highest BCUT2D eigenvalue weighted by Crippen LogP contribution is 2.27. The molecule has 1 saturated heterocycles. The maximum absolute atomic E-state index is 6.11. The lowest BCUT2D eigenvalue weighted by atomic mass is 10.1. The van der Waals surface area contributed by atoms with E-state index in [1.807, 2.05) is 0 Å². The summed E-state index contributed by atoms with van der Waals surface area (Å²) in [6.07, 6.45) is 15.7. The van der Waals surface area contributed by atoms with Crippen molar-refractivity contribution in [1.29, 1.82) is 0 Å². The van der Waals surface area contributed by atoms with E-state index < -0.39 is 8.48 Å². The Kier molecular flexibility index (Phi) is 10.7. The van der Waals surface area contributed by atoms with E-state index in [0.29, 0.717) is 0 Å². The van der Waals surface area contributed by atoms with E-state index in [1.54, 1.807) is 0 Å². The van der Waals surface area contributed by atoms with Gasteiger partial charge >= 0.3 is 0 Å². The first-order chi connectivity index (χ1) is 10.2. The summed E-state index contributed by atoms with van der Waals surface area (Å²) in [5.74, 6) is 0. The molecule has 0 N–H and O–H groups in total. The van der Waals surface area contributed by atoms with Crippen LogP contribution in [0.3, 0.4) is 0 Å². The fraction of sp³-hybridized carbons (Fsp3) is 1.00. The van der Waals surface area contributed by atoms with Crippen LogP contribution < -0.4 is 0 Å². The molecule has 1 aliphatic rings. The molecular weight excluding hydrogens is 274 g/mol. The summed E-state index contributed by atoms with van der Waals surface area (Å²) in [5, 5.41) is 0. The molecule has 2 nitrogen and oxygen atoms in total. The summed E-state index contributed by atoms with van der Waals surface area (Å²) >= 11 is 0. The van der Waals surface area contributed by atoms with Crippen molar-refractivity contribution in [2.24, 2.45) is 0 Å². The molecule has 1 unspecified atom stereocenters. The number of hydrogen-bond acceptors (Lipinski definition) is 2. The molecule has 0 radical (unpaired) electrons. The van der Waals surface area contributed by atoms with E-state index in [1.165, 1.54) is 89.8 Å². The molecule has 0 aromatic rings. The number of rotatable bonds is 13. The molecule has 0 aliphatic carbocycles. The molecule has 3 heteroatoms. The Morgan fingerprint density at radius 2 is 1.43 bits per heavy atom. The van der Waals surface area contributed by atoms with E-state index in [4.69, 9.17) is 4.43 Å². The molecule has 1 heterocycles. The van der Waals surface area contributed by atoms with E-state index in [2.05, 4.69) is 25.0 Å². The monoisotopic (exact) mass is 313 g/mol. The van der Waals surface area contributed by atoms with Crippen LogP contribution in [0.4, 0.5) is 0 Å². The lowest BCUT2D eigenvalue weighted by Crippen LogP contribution is -2.49. The first kappa shape index (κ1) is 19.2. The van der Waals surface area contributed by atoms with E-state index in [-0.39, 0.29) is 0 Å². The largest absolute Gasteiger partial charge is 0.403 e. The Labute approximate surface area is 134 Å². The van der Waals surface area contributed by atoms with Gasteiger partial charge in [0, 0.05) is 6.61 Å². The van der Waals surface area contributed by atoms with Gasteiger partial charge in [0.25, 0.3) is 8.48 Å². The van der Waals surface area contributed by atoms with Crippen LogP contribution in [0.25, 0.3) is 0 Å². The van der Waals surface area contributed by atoms with Crippen molar-refractivity contribution in [1.82, 2.24) is 4.57 Å². The van der Waals surface area contributed by atoms with Gasteiger partial charge in [-0.1, -0.05) is 64.7 Å². The normalized spacial score (nSPS) is 23.0. The Morgan fingerprint density at radius 3 is 2.00 bits per heavy atom. The van der Waals surface area contributed by atoms with Gasteiger partial charge in [-0.25, -0.2) is 0 Å². The van der Waals surface area contributed by atoms with E-state index >= 15 is 0 Å². The number of hydrogen-bond donors (Lipinski definition) is 0. The molecule has 0 spiro atoms. The summed E-state index contributed by atoms with van der Waals surface area (Å²) in [7, 11) is -1.48. The van der Waals surface area contributed by atoms with Crippen LogP contribution in [-0.4, -0.2) is 32.7 Å². The number of nitrogens with zero attached hydrogens (tertiary/aromatic N) is 1. The van der Waals surface area contributed by atoms with Gasteiger partial charge in [0.15, 0.2) is 0 Å². The zero-order valence-corrected chi connectivity index (χ0v) is 16.0. The average Bonchev–Trinajstić information content (AvgIpc) is 2.82. The molecular formula is C18H39NOSi. The van der Waals surface area contributed by atoms with Gasteiger partial charge in [0.1, 0.15) is 0 Å². The summed E-state index contributed by atoms with van der Waals surface area (Å²) < 4.78 is 8.82. The molecule has 0 saturated carbocycles. The topological polar surface area (TPSA) is 12.5 Å². The highest BCUT2D eigenvalue weighted by Gasteiger charge is 2.40. The molecule has 1 rings (SSSR count). The van der Waals surface area contributed by atoms with Gasteiger partial charge in [0.2, 0.25) is 0 Å². The highest BCUT2D eigenvalue weighted by molar-refractivity contribution is 6.70. The van der Waals surface area contributed by atoms with E-state index in [0.717, 1.165) is 6.61 Å². The minimum atomic E-state index is -1.48. The maximum atomic E-state index is 6.11. The van der Waals surface area contributed by atoms with Gasteiger partial charge in [-0.05, 0) is 45.4 Å². The zero-order chi connectivity index (χ0) is 15.4. The molecule has 126 valence electrons. The summed E-state index contributed by atoms with van der Waals surface area (Å²) in [4.78, 5) is 0. The zero-order valence-electron chi connectivity index (χ0n) is 15.0. The minimum Gasteiger partial charge on any atom is -0.403 e. The quantitative estimate of drug-likeness (QED) is 0.318. The third-order valence-corrected chi connectivity index (χ3v) is 8.95. The lowest BCUT2D eigenvalue weighted by Gasteiger charge is -2.32. The van der Waals surface area contributed by atoms with Crippen LogP contribution in [-0.2, 0) is 4.43 Å². The lowest BCUT2D eigenvalue weighted by molar-refractivity contribution is 0.267. The van der Waals surface area contributed by atoms with Crippen molar-refractivity contribution >= 4 is 8.48 Å². The summed E-state index contributed by atoms with van der Waals surface area (Å²) in [6.45, 7) is 10.3. The smallest absolute Gasteiger partial charge is 0.268 e. The molecule has 0 amide bonds. The maximum Gasteiger partial charge on any atom is 0.268 e. The van der Waals surface area contributed by atoms with Crippen molar-refractivity contribution in [3.8, 4) is 0 Å². The first-order valence-corrected chi connectivity index (χ1v) is 12.2. The van der Waals surface area contributed by atoms with Crippen molar-refractivity contribution in [3.63, 3.8) is 0 Å². The average molecular weight is 314 g/mol. The van der Waals surface area contributed by atoms with Gasteiger partial charge in [-0.2, -0.15) is 0 Å². The Hall–Kier alpha value is 0.137. The predicted octanol–water partition coefficient (Wildman–Crippen LogP) is 5.72. The van der Waals surface area contributed by atoms with Crippen LogP contribution in [0.5, 0.6) is 0 Å². The molecule has 0 bridgehead atoms. The van der Waals surface area contributed by atoms with Crippen LogP contribution in [0, 0.1) is 0 Å². The van der Waals surface area contributed by atoms with Crippen LogP contribution in [0.15, 0.2) is 0 Å². The second-order valence-corrected chi connectivity index (χ2v) is 10.7. The second-order valence-electron chi connectivity index (χ2n) is 6.88. The third kappa shape index (κ3) is 7.80. The van der Waals surface area contributed by atoms with Gasteiger partial charge < -0.3 is 8.99 Å². The van der Waals surface area contributed by atoms with Crippen LogP contribution >= 0.6 is 0 Å². The van der Waals surface area contributed by atoms with Crippen molar-refractivity contribution < 1.29 is 4.43 Å². The fourth-order valence-corrected chi connectivity index (χ4v) is 6.95. The molecule has 1 fully saturated rings.